The SMILES string of the molecule is Cc1ccc2cccc(O)c2n1.Cc1ccc2cccc([O][Al][O]c3c(C)cccc3C)c2n1. The maximum Gasteiger partial charge on any atom is 0.881 e. The van der Waals surface area contributed by atoms with Gasteiger partial charge in [-0.05, 0) is 63.1 Å². The highest BCUT2D eigenvalue weighted by atomic mass is 27.2. The monoisotopic (exact) mass is 465 g/mol. The van der Waals surface area contributed by atoms with Gasteiger partial charge in [-0.15, -0.1) is 0 Å². The van der Waals surface area contributed by atoms with Crippen molar-refractivity contribution in [3.05, 3.63) is 101 Å². The van der Waals surface area contributed by atoms with Crippen LogP contribution >= 0.6 is 0 Å². The van der Waals surface area contributed by atoms with E-state index in [0.29, 0.717) is 5.52 Å². The Morgan fingerprint density at radius 2 is 1.18 bits per heavy atom. The van der Waals surface area contributed by atoms with Crippen LogP contribution in [0.1, 0.15) is 22.5 Å². The highest BCUT2D eigenvalue weighted by Crippen LogP contribution is 2.25. The zero-order valence-electron chi connectivity index (χ0n) is 19.7. The van der Waals surface area contributed by atoms with Crippen LogP contribution in [0.2, 0.25) is 0 Å². The molecular formula is C28H26AlN2O3. The number of aromatic hydroxyl groups is 1. The molecule has 0 aliphatic carbocycles. The van der Waals surface area contributed by atoms with Gasteiger partial charge in [-0.25, -0.2) is 9.97 Å². The van der Waals surface area contributed by atoms with Crippen LogP contribution in [0.5, 0.6) is 17.2 Å². The maximum atomic E-state index is 9.43. The maximum absolute atomic E-state index is 9.43. The van der Waals surface area contributed by atoms with Gasteiger partial charge in [0.25, 0.3) is 0 Å². The first-order valence-corrected chi connectivity index (χ1v) is 12.0. The van der Waals surface area contributed by atoms with Gasteiger partial charge in [0.2, 0.25) is 0 Å². The van der Waals surface area contributed by atoms with Crippen LogP contribution in [0.25, 0.3) is 21.8 Å². The second kappa shape index (κ2) is 10.6. The number of phenols is 1. The number of nitrogens with zero attached hydrogens (tertiary/aromatic N) is 2. The quantitative estimate of drug-likeness (QED) is 0.311. The smallest absolute Gasteiger partial charge is 0.615 e. The van der Waals surface area contributed by atoms with Crippen molar-refractivity contribution in [3.63, 3.8) is 0 Å². The summed E-state index contributed by atoms with van der Waals surface area (Å²) in [7, 11) is 0. The molecule has 0 atom stereocenters. The Morgan fingerprint density at radius 1 is 0.618 bits per heavy atom. The van der Waals surface area contributed by atoms with Gasteiger partial charge in [0, 0.05) is 22.2 Å². The Morgan fingerprint density at radius 3 is 1.85 bits per heavy atom. The molecule has 34 heavy (non-hydrogen) atoms. The van der Waals surface area contributed by atoms with Gasteiger partial charge in [-0.2, -0.15) is 0 Å². The molecule has 0 saturated carbocycles. The Hall–Kier alpha value is -3.59. The van der Waals surface area contributed by atoms with E-state index in [9.17, 15) is 5.11 Å². The molecule has 0 bridgehead atoms. The summed E-state index contributed by atoms with van der Waals surface area (Å²) in [5, 5.41) is 11.5. The molecule has 5 rings (SSSR count). The normalized spacial score (nSPS) is 10.5. The largest absolute Gasteiger partial charge is 0.881 e. The van der Waals surface area contributed by atoms with E-state index in [-0.39, 0.29) is 5.75 Å². The lowest BCUT2D eigenvalue weighted by atomic mass is 10.1. The minimum absolute atomic E-state index is 0.246. The van der Waals surface area contributed by atoms with Crippen LogP contribution < -0.4 is 7.58 Å². The van der Waals surface area contributed by atoms with Gasteiger partial charge >= 0.3 is 15.9 Å². The molecule has 0 spiro atoms. The van der Waals surface area contributed by atoms with Crippen LogP contribution in [0.15, 0.2) is 78.9 Å². The Kier molecular flexibility index (Phi) is 7.32. The highest BCUT2D eigenvalue weighted by molar-refractivity contribution is 6.21. The third kappa shape index (κ3) is 5.48. The first-order chi connectivity index (χ1) is 16.4. The standard InChI is InChI=1S/2C10H9NO.C8H10O.Al/c2*1-7-5-6-8-3-2-4-9(12)10(8)11-7;1-6-4-3-5-7(2)8(6)9;/h2*2-6,12H,1H3;3-5,9H,1-2H3;/q;;;+2/p-2. The molecule has 0 amide bonds. The van der Waals surface area contributed by atoms with Gasteiger partial charge in [0.1, 0.15) is 22.5 Å². The third-order valence-electron chi connectivity index (χ3n) is 5.41. The number of benzene rings is 3. The van der Waals surface area contributed by atoms with Crippen LogP contribution in [-0.4, -0.2) is 31.0 Å². The minimum atomic E-state index is -0.634. The van der Waals surface area contributed by atoms with E-state index < -0.39 is 15.9 Å². The second-order valence-corrected chi connectivity index (χ2v) is 8.80. The summed E-state index contributed by atoms with van der Waals surface area (Å²) in [4.78, 5) is 8.79. The Balaban J connectivity index is 0.000000192. The van der Waals surface area contributed by atoms with E-state index in [1.165, 1.54) is 0 Å². The summed E-state index contributed by atoms with van der Waals surface area (Å²) in [5.74, 6) is 1.94. The number of para-hydroxylation sites is 3. The van der Waals surface area contributed by atoms with E-state index in [1.54, 1.807) is 6.07 Å². The molecule has 0 unspecified atom stereocenters. The molecule has 0 aliphatic heterocycles. The average molecular weight is 466 g/mol. The molecule has 0 aliphatic rings. The number of hydrogen-bond acceptors (Lipinski definition) is 5. The molecule has 1 N–H and O–H groups in total. The van der Waals surface area contributed by atoms with Crippen LogP contribution in [0, 0.1) is 27.7 Å². The molecule has 2 aromatic heterocycles. The van der Waals surface area contributed by atoms with Crippen molar-refractivity contribution >= 4 is 37.7 Å². The van der Waals surface area contributed by atoms with Crippen LogP contribution in [-0.2, 0) is 0 Å². The van der Waals surface area contributed by atoms with E-state index in [4.69, 9.17) is 7.58 Å². The summed E-state index contributed by atoms with van der Waals surface area (Å²) in [6, 6.07) is 25.4. The van der Waals surface area contributed by atoms with Crippen molar-refractivity contribution in [2.24, 2.45) is 0 Å². The molecule has 0 saturated heterocycles. The lowest BCUT2D eigenvalue weighted by Gasteiger charge is -2.14. The fourth-order valence-corrected chi connectivity index (χ4v) is 4.46. The van der Waals surface area contributed by atoms with Crippen molar-refractivity contribution in [1.29, 1.82) is 0 Å². The van der Waals surface area contributed by atoms with Gasteiger partial charge < -0.3 is 12.7 Å². The summed E-state index contributed by atoms with van der Waals surface area (Å²) in [6.07, 6.45) is 0. The molecule has 2 heterocycles. The lowest BCUT2D eigenvalue weighted by Crippen LogP contribution is -2.12. The second-order valence-electron chi connectivity index (χ2n) is 8.13. The van der Waals surface area contributed by atoms with Crippen molar-refractivity contribution in [2.45, 2.75) is 27.7 Å². The van der Waals surface area contributed by atoms with Crippen LogP contribution in [0.3, 0.4) is 0 Å². The first-order valence-electron chi connectivity index (χ1n) is 11.1. The molecule has 169 valence electrons. The summed E-state index contributed by atoms with van der Waals surface area (Å²) in [6.45, 7) is 7.98. The van der Waals surface area contributed by atoms with Crippen LogP contribution in [0.4, 0.5) is 0 Å². The Bertz CT molecular complexity index is 1430. The fourth-order valence-electron chi connectivity index (χ4n) is 3.65. The molecule has 5 nitrogen and oxygen atoms in total. The van der Waals surface area contributed by atoms with E-state index in [0.717, 1.165) is 50.3 Å². The van der Waals surface area contributed by atoms with Gasteiger partial charge in [0.15, 0.2) is 0 Å². The number of pyridine rings is 2. The molecule has 1 radical (unpaired) electrons. The number of aromatic nitrogens is 2. The van der Waals surface area contributed by atoms with E-state index in [1.807, 2.05) is 94.4 Å². The number of phenolic OH excluding ortho intramolecular Hbond substituents is 1. The van der Waals surface area contributed by atoms with Crippen molar-refractivity contribution in [3.8, 4) is 17.2 Å². The lowest BCUT2D eigenvalue weighted by molar-refractivity contribution is 0.457. The minimum Gasteiger partial charge on any atom is -0.615 e. The van der Waals surface area contributed by atoms with Gasteiger partial charge in [-0.1, -0.05) is 54.6 Å². The summed E-state index contributed by atoms with van der Waals surface area (Å²) in [5.41, 5.74) is 5.72. The average Bonchev–Trinajstić information content (AvgIpc) is 2.82. The molecule has 5 aromatic rings. The number of aryl methyl sites for hydroxylation is 4. The number of fused-ring (bicyclic) bond motifs is 2. The molecular weight excluding hydrogens is 439 g/mol. The Labute approximate surface area is 206 Å². The van der Waals surface area contributed by atoms with Gasteiger partial charge in [-0.3, -0.25) is 0 Å². The van der Waals surface area contributed by atoms with E-state index in [2.05, 4.69) is 16.0 Å². The third-order valence-corrected chi connectivity index (χ3v) is 6.09. The summed E-state index contributed by atoms with van der Waals surface area (Å²) >= 11 is -0.634. The zero-order valence-corrected chi connectivity index (χ0v) is 20.9. The predicted molar refractivity (Wildman–Crippen MR) is 138 cm³/mol. The molecule has 3 aromatic carbocycles. The van der Waals surface area contributed by atoms with E-state index >= 15 is 0 Å². The van der Waals surface area contributed by atoms with Gasteiger partial charge in [0.05, 0.1) is 5.75 Å². The first kappa shape index (κ1) is 23.6. The molecule has 0 fully saturated rings. The number of rotatable bonds is 4. The number of hydrogen-bond donors (Lipinski definition) is 1. The zero-order chi connectivity index (χ0) is 24.1. The topological polar surface area (TPSA) is 64.5 Å². The highest BCUT2D eigenvalue weighted by Gasteiger charge is 2.12. The van der Waals surface area contributed by atoms with Crippen molar-refractivity contribution in [2.75, 3.05) is 0 Å². The molecule has 6 heteroatoms. The summed E-state index contributed by atoms with van der Waals surface area (Å²) < 4.78 is 11.8. The van der Waals surface area contributed by atoms with Crippen molar-refractivity contribution < 1.29 is 12.7 Å². The fraction of sp³-hybridized carbons (Fsp3) is 0.143. The predicted octanol–water partition coefficient (Wildman–Crippen LogP) is 6.40. The van der Waals surface area contributed by atoms with Crippen molar-refractivity contribution in [1.82, 2.24) is 9.97 Å².